The molecule has 0 aromatic carbocycles. The summed E-state index contributed by atoms with van der Waals surface area (Å²) in [5, 5.41) is 0. The number of ether oxygens (including phenoxy) is 2. The van der Waals surface area contributed by atoms with Crippen molar-refractivity contribution < 1.29 is 14.3 Å². The van der Waals surface area contributed by atoms with Crippen molar-refractivity contribution in [1.29, 1.82) is 0 Å². The van der Waals surface area contributed by atoms with Gasteiger partial charge in [0.1, 0.15) is 0 Å². The normalized spacial score (nSPS) is 18.1. The molecule has 1 aliphatic carbocycles. The van der Waals surface area contributed by atoms with Gasteiger partial charge in [0.25, 0.3) is 0 Å². The van der Waals surface area contributed by atoms with E-state index in [-0.39, 0.29) is 5.97 Å². The average molecular weight is 240 g/mol. The number of rotatable bonds is 6. The van der Waals surface area contributed by atoms with E-state index in [1.165, 1.54) is 39.2 Å². The summed E-state index contributed by atoms with van der Waals surface area (Å²) in [5.41, 5.74) is 0.705. The third-order valence-electron chi connectivity index (χ3n) is 3.35. The summed E-state index contributed by atoms with van der Waals surface area (Å²) < 4.78 is 10.3. The van der Waals surface area contributed by atoms with Crippen molar-refractivity contribution in [2.45, 2.75) is 45.4 Å². The van der Waals surface area contributed by atoms with E-state index in [0.717, 1.165) is 12.5 Å². The summed E-state index contributed by atoms with van der Waals surface area (Å²) in [6, 6.07) is 0. The standard InChI is InChI=1S/C14H24O3/c1-3-13(14(15)16-2)9-10-17-11-12-7-5-4-6-8-12/h9,12H,3-8,10-11H2,1-2H3. The Bertz CT molecular complexity index is 252. The number of hydrogen-bond donors (Lipinski definition) is 0. The van der Waals surface area contributed by atoms with Gasteiger partial charge in [-0.05, 0) is 31.3 Å². The highest BCUT2D eigenvalue weighted by molar-refractivity contribution is 5.88. The first-order valence-electron chi connectivity index (χ1n) is 6.63. The monoisotopic (exact) mass is 240 g/mol. The van der Waals surface area contributed by atoms with Crippen LogP contribution in [0.5, 0.6) is 0 Å². The molecule has 0 N–H and O–H groups in total. The third-order valence-corrected chi connectivity index (χ3v) is 3.35. The van der Waals surface area contributed by atoms with E-state index in [2.05, 4.69) is 4.74 Å². The van der Waals surface area contributed by atoms with Crippen molar-refractivity contribution in [3.8, 4) is 0 Å². The molecule has 0 radical (unpaired) electrons. The maximum absolute atomic E-state index is 11.3. The molecule has 1 rings (SSSR count). The van der Waals surface area contributed by atoms with Gasteiger partial charge in [-0.3, -0.25) is 0 Å². The summed E-state index contributed by atoms with van der Waals surface area (Å²) >= 11 is 0. The Hall–Kier alpha value is -0.830. The lowest BCUT2D eigenvalue weighted by atomic mass is 9.90. The number of esters is 1. The highest BCUT2D eigenvalue weighted by Crippen LogP contribution is 2.23. The third kappa shape index (κ3) is 5.35. The van der Waals surface area contributed by atoms with Gasteiger partial charge >= 0.3 is 5.97 Å². The largest absolute Gasteiger partial charge is 0.466 e. The molecule has 0 aromatic rings. The zero-order chi connectivity index (χ0) is 12.5. The minimum absolute atomic E-state index is 0.242. The SMILES string of the molecule is CCC(=CCOCC1CCCCC1)C(=O)OC. The minimum atomic E-state index is -0.242. The Kier molecular flexibility index (Phi) is 6.94. The lowest BCUT2D eigenvalue weighted by Gasteiger charge is -2.20. The van der Waals surface area contributed by atoms with Crippen molar-refractivity contribution >= 4 is 5.97 Å². The second-order valence-electron chi connectivity index (χ2n) is 4.62. The van der Waals surface area contributed by atoms with Crippen LogP contribution >= 0.6 is 0 Å². The fraction of sp³-hybridized carbons (Fsp3) is 0.786. The summed E-state index contributed by atoms with van der Waals surface area (Å²) in [6.07, 6.45) is 9.17. The molecule has 0 amide bonds. The number of carbonyl (C=O) groups excluding carboxylic acids is 1. The minimum Gasteiger partial charge on any atom is -0.466 e. The first-order valence-corrected chi connectivity index (χ1v) is 6.63. The maximum atomic E-state index is 11.3. The van der Waals surface area contributed by atoms with E-state index in [1.807, 2.05) is 13.0 Å². The van der Waals surface area contributed by atoms with Crippen molar-refractivity contribution in [2.75, 3.05) is 20.3 Å². The van der Waals surface area contributed by atoms with Crippen LogP contribution in [0.2, 0.25) is 0 Å². The van der Waals surface area contributed by atoms with Crippen molar-refractivity contribution in [1.82, 2.24) is 0 Å². The Morgan fingerprint density at radius 3 is 2.59 bits per heavy atom. The summed E-state index contributed by atoms with van der Waals surface area (Å²) in [7, 11) is 1.41. The predicted octanol–water partition coefficient (Wildman–Crippen LogP) is 3.09. The van der Waals surface area contributed by atoms with Gasteiger partial charge in [0, 0.05) is 12.2 Å². The molecule has 0 aromatic heterocycles. The smallest absolute Gasteiger partial charge is 0.333 e. The first kappa shape index (κ1) is 14.2. The lowest BCUT2D eigenvalue weighted by molar-refractivity contribution is -0.136. The Balaban J connectivity index is 2.20. The van der Waals surface area contributed by atoms with E-state index in [4.69, 9.17) is 4.74 Å². The van der Waals surface area contributed by atoms with E-state index >= 15 is 0 Å². The zero-order valence-electron chi connectivity index (χ0n) is 11.0. The van der Waals surface area contributed by atoms with Gasteiger partial charge in [-0.15, -0.1) is 0 Å². The van der Waals surface area contributed by atoms with Gasteiger partial charge in [0.05, 0.1) is 13.7 Å². The molecule has 1 saturated carbocycles. The molecule has 0 spiro atoms. The van der Waals surface area contributed by atoms with Crippen LogP contribution in [0.3, 0.4) is 0 Å². The molecule has 98 valence electrons. The van der Waals surface area contributed by atoms with Gasteiger partial charge < -0.3 is 9.47 Å². The molecule has 0 aliphatic heterocycles. The fourth-order valence-electron chi connectivity index (χ4n) is 2.25. The molecule has 0 atom stereocenters. The number of methoxy groups -OCH3 is 1. The molecule has 3 heteroatoms. The van der Waals surface area contributed by atoms with Crippen molar-refractivity contribution in [3.63, 3.8) is 0 Å². The molecular formula is C14H24O3. The molecule has 0 heterocycles. The zero-order valence-corrected chi connectivity index (χ0v) is 11.0. The highest BCUT2D eigenvalue weighted by Gasteiger charge is 2.13. The Morgan fingerprint density at radius 2 is 2.00 bits per heavy atom. The fourth-order valence-corrected chi connectivity index (χ4v) is 2.25. The average Bonchev–Trinajstić information content (AvgIpc) is 2.39. The maximum Gasteiger partial charge on any atom is 0.333 e. The van der Waals surface area contributed by atoms with Crippen LogP contribution in [-0.2, 0) is 14.3 Å². The second kappa shape index (κ2) is 8.29. The number of hydrogen-bond acceptors (Lipinski definition) is 3. The molecule has 0 saturated heterocycles. The van der Waals surface area contributed by atoms with Gasteiger partial charge in [-0.2, -0.15) is 0 Å². The first-order chi connectivity index (χ1) is 8.27. The van der Waals surface area contributed by atoms with Gasteiger partial charge in [-0.1, -0.05) is 26.2 Å². The molecule has 0 unspecified atom stereocenters. The van der Waals surface area contributed by atoms with E-state index in [1.54, 1.807) is 0 Å². The van der Waals surface area contributed by atoms with E-state index in [0.29, 0.717) is 18.6 Å². The van der Waals surface area contributed by atoms with Crippen LogP contribution in [0.4, 0.5) is 0 Å². The highest BCUT2D eigenvalue weighted by atomic mass is 16.5. The second-order valence-corrected chi connectivity index (χ2v) is 4.62. The lowest BCUT2D eigenvalue weighted by Crippen LogP contribution is -2.13. The summed E-state index contributed by atoms with van der Waals surface area (Å²) in [4.78, 5) is 11.3. The van der Waals surface area contributed by atoms with Gasteiger partial charge in [0.15, 0.2) is 0 Å². The quantitative estimate of drug-likeness (QED) is 0.406. The molecule has 0 bridgehead atoms. The van der Waals surface area contributed by atoms with E-state index in [9.17, 15) is 4.79 Å². The van der Waals surface area contributed by atoms with E-state index < -0.39 is 0 Å². The van der Waals surface area contributed by atoms with Gasteiger partial charge in [0.2, 0.25) is 0 Å². The molecular weight excluding hydrogens is 216 g/mol. The summed E-state index contributed by atoms with van der Waals surface area (Å²) in [6.45, 7) is 3.30. The van der Waals surface area contributed by atoms with Crippen LogP contribution in [0.1, 0.15) is 45.4 Å². The molecule has 3 nitrogen and oxygen atoms in total. The molecule has 17 heavy (non-hydrogen) atoms. The topological polar surface area (TPSA) is 35.5 Å². The summed E-state index contributed by atoms with van der Waals surface area (Å²) in [5.74, 6) is 0.481. The van der Waals surface area contributed by atoms with Crippen LogP contribution in [0, 0.1) is 5.92 Å². The molecule has 1 aliphatic rings. The Labute approximate surface area is 104 Å². The predicted molar refractivity (Wildman–Crippen MR) is 67.8 cm³/mol. The van der Waals surface area contributed by atoms with Crippen molar-refractivity contribution in [3.05, 3.63) is 11.6 Å². The van der Waals surface area contributed by atoms with Crippen LogP contribution in [-0.4, -0.2) is 26.3 Å². The van der Waals surface area contributed by atoms with Crippen LogP contribution in [0.25, 0.3) is 0 Å². The van der Waals surface area contributed by atoms with Gasteiger partial charge in [-0.25, -0.2) is 4.79 Å². The molecule has 1 fully saturated rings. The Morgan fingerprint density at radius 1 is 1.29 bits per heavy atom. The van der Waals surface area contributed by atoms with Crippen molar-refractivity contribution in [2.24, 2.45) is 5.92 Å². The number of carbonyl (C=O) groups is 1. The van der Waals surface area contributed by atoms with Crippen LogP contribution < -0.4 is 0 Å². The van der Waals surface area contributed by atoms with Crippen LogP contribution in [0.15, 0.2) is 11.6 Å².